The van der Waals surface area contributed by atoms with E-state index in [1.54, 1.807) is 37.4 Å². The van der Waals surface area contributed by atoms with Crippen LogP contribution >= 0.6 is 0 Å². The molecule has 0 radical (unpaired) electrons. The Morgan fingerprint density at radius 2 is 1.81 bits per heavy atom. The second kappa shape index (κ2) is 3.77. The number of halogens is 3. The maximum atomic E-state index is 13.3. The highest BCUT2D eigenvalue weighted by atomic mass is 19.4. The molecule has 0 amide bonds. The van der Waals surface area contributed by atoms with Crippen LogP contribution in [0.1, 0.15) is 18.4 Å². The molecule has 4 heteroatoms. The zero-order chi connectivity index (χ0) is 11.8. The van der Waals surface area contributed by atoms with Crippen LogP contribution in [0.2, 0.25) is 0 Å². The molecule has 16 heavy (non-hydrogen) atoms. The lowest BCUT2D eigenvalue weighted by atomic mass is 9.86. The highest BCUT2D eigenvalue weighted by Gasteiger charge is 2.60. The third-order valence-corrected chi connectivity index (χ3v) is 3.40. The maximum Gasteiger partial charge on any atom is 0.410 e. The number of likely N-dealkylation sites (tertiary alicyclic amines) is 1. The first-order valence-corrected chi connectivity index (χ1v) is 5.32. The van der Waals surface area contributed by atoms with Gasteiger partial charge >= 0.3 is 6.18 Å². The van der Waals surface area contributed by atoms with E-state index < -0.39 is 11.7 Å². The lowest BCUT2D eigenvalue weighted by Gasteiger charge is -2.38. The first-order valence-electron chi connectivity index (χ1n) is 5.32. The predicted molar refractivity (Wildman–Crippen MR) is 56.0 cm³/mol. The quantitative estimate of drug-likeness (QED) is 0.715. The van der Waals surface area contributed by atoms with Crippen LogP contribution in [-0.2, 0) is 5.54 Å². The second-order valence-corrected chi connectivity index (χ2v) is 4.25. The molecule has 1 saturated heterocycles. The summed E-state index contributed by atoms with van der Waals surface area (Å²) in [5.41, 5.74) is -1.43. The Hall–Kier alpha value is -1.03. The van der Waals surface area contributed by atoms with E-state index in [1.165, 1.54) is 4.90 Å². The molecule has 0 bridgehead atoms. The SMILES string of the molecule is CN1CCCC1(c1ccccc1)C(F)(F)F. The molecule has 1 aliphatic heterocycles. The van der Waals surface area contributed by atoms with Gasteiger partial charge in [-0.1, -0.05) is 30.3 Å². The smallest absolute Gasteiger partial charge is 0.289 e. The van der Waals surface area contributed by atoms with E-state index >= 15 is 0 Å². The van der Waals surface area contributed by atoms with E-state index in [2.05, 4.69) is 0 Å². The van der Waals surface area contributed by atoms with E-state index in [0.717, 1.165) is 0 Å². The number of rotatable bonds is 1. The predicted octanol–water partition coefficient (Wildman–Crippen LogP) is 3.17. The number of hydrogen-bond donors (Lipinski definition) is 0. The normalized spacial score (nSPS) is 27.2. The molecule has 1 unspecified atom stereocenters. The zero-order valence-electron chi connectivity index (χ0n) is 9.09. The van der Waals surface area contributed by atoms with Crippen LogP contribution in [0.5, 0.6) is 0 Å². The van der Waals surface area contributed by atoms with Crippen molar-refractivity contribution in [3.8, 4) is 0 Å². The summed E-state index contributed by atoms with van der Waals surface area (Å²) in [5, 5.41) is 0. The third-order valence-electron chi connectivity index (χ3n) is 3.40. The fourth-order valence-electron chi connectivity index (χ4n) is 2.55. The van der Waals surface area contributed by atoms with Gasteiger partial charge in [0, 0.05) is 0 Å². The van der Waals surface area contributed by atoms with Crippen LogP contribution in [0, 0.1) is 0 Å². The molecule has 1 heterocycles. The lowest BCUT2D eigenvalue weighted by Crippen LogP contribution is -2.50. The second-order valence-electron chi connectivity index (χ2n) is 4.25. The molecule has 1 aromatic rings. The van der Waals surface area contributed by atoms with Gasteiger partial charge in [-0.25, -0.2) is 0 Å². The summed E-state index contributed by atoms with van der Waals surface area (Å²) in [4.78, 5) is 1.42. The van der Waals surface area contributed by atoms with Crippen molar-refractivity contribution in [2.45, 2.75) is 24.6 Å². The molecule has 0 saturated carbocycles. The molecule has 1 aliphatic rings. The van der Waals surface area contributed by atoms with Crippen LogP contribution in [0.25, 0.3) is 0 Å². The Balaban J connectivity index is 2.52. The molecule has 1 nitrogen and oxygen atoms in total. The monoisotopic (exact) mass is 229 g/mol. The van der Waals surface area contributed by atoms with Gasteiger partial charge in [0.15, 0.2) is 0 Å². The van der Waals surface area contributed by atoms with Gasteiger partial charge in [-0.05, 0) is 32.0 Å². The summed E-state index contributed by atoms with van der Waals surface area (Å²) in [6.07, 6.45) is -3.48. The molecular formula is C12H14F3N. The summed E-state index contributed by atoms with van der Waals surface area (Å²) >= 11 is 0. The number of benzene rings is 1. The summed E-state index contributed by atoms with van der Waals surface area (Å²) in [6, 6.07) is 8.19. The topological polar surface area (TPSA) is 3.24 Å². The molecule has 88 valence electrons. The summed E-state index contributed by atoms with van der Waals surface area (Å²) in [5.74, 6) is 0. The average molecular weight is 229 g/mol. The Kier molecular flexibility index (Phi) is 2.70. The van der Waals surface area contributed by atoms with Crippen LogP contribution < -0.4 is 0 Å². The van der Waals surface area contributed by atoms with Crippen LogP contribution in [0.3, 0.4) is 0 Å². The number of alkyl halides is 3. The highest BCUT2D eigenvalue weighted by Crippen LogP contribution is 2.49. The fourth-order valence-corrected chi connectivity index (χ4v) is 2.55. The van der Waals surface area contributed by atoms with Gasteiger partial charge in [0.1, 0.15) is 5.54 Å². The van der Waals surface area contributed by atoms with Crippen molar-refractivity contribution in [1.82, 2.24) is 4.90 Å². The van der Waals surface area contributed by atoms with Gasteiger partial charge in [-0.2, -0.15) is 13.2 Å². The molecule has 0 spiro atoms. The molecule has 2 rings (SSSR count). The first kappa shape index (κ1) is 11.5. The molecule has 0 aromatic heterocycles. The molecular weight excluding hydrogens is 215 g/mol. The fraction of sp³-hybridized carbons (Fsp3) is 0.500. The van der Waals surface area contributed by atoms with E-state index in [4.69, 9.17) is 0 Å². The Bertz CT molecular complexity index is 360. The Morgan fingerprint density at radius 3 is 2.25 bits per heavy atom. The maximum absolute atomic E-state index is 13.3. The van der Waals surface area contributed by atoms with Gasteiger partial charge in [0.25, 0.3) is 0 Å². The van der Waals surface area contributed by atoms with E-state index in [1.807, 2.05) is 0 Å². The molecule has 0 aliphatic carbocycles. The molecule has 0 N–H and O–H groups in total. The van der Waals surface area contributed by atoms with Crippen LogP contribution in [-0.4, -0.2) is 24.7 Å². The zero-order valence-corrected chi connectivity index (χ0v) is 9.09. The standard InChI is InChI=1S/C12H14F3N/c1-16-9-5-8-11(16,12(13,14)15)10-6-3-2-4-7-10/h2-4,6-7H,5,8-9H2,1H3. The number of hydrogen-bond acceptors (Lipinski definition) is 1. The summed E-state index contributed by atoms with van der Waals surface area (Å²) < 4.78 is 39.9. The lowest BCUT2D eigenvalue weighted by molar-refractivity contribution is -0.225. The minimum Gasteiger partial charge on any atom is -0.289 e. The van der Waals surface area contributed by atoms with Crippen molar-refractivity contribution < 1.29 is 13.2 Å². The van der Waals surface area contributed by atoms with Crippen molar-refractivity contribution in [3.63, 3.8) is 0 Å². The van der Waals surface area contributed by atoms with Crippen molar-refractivity contribution in [2.75, 3.05) is 13.6 Å². The van der Waals surface area contributed by atoms with Gasteiger partial charge in [-0.15, -0.1) is 0 Å². The minimum atomic E-state index is -4.22. The Labute approximate surface area is 92.9 Å². The molecule has 1 atom stereocenters. The molecule has 1 fully saturated rings. The van der Waals surface area contributed by atoms with Crippen molar-refractivity contribution >= 4 is 0 Å². The van der Waals surface area contributed by atoms with Crippen LogP contribution in [0.15, 0.2) is 30.3 Å². The highest BCUT2D eigenvalue weighted by molar-refractivity contribution is 5.28. The van der Waals surface area contributed by atoms with Crippen molar-refractivity contribution in [2.24, 2.45) is 0 Å². The largest absolute Gasteiger partial charge is 0.410 e. The third kappa shape index (κ3) is 1.52. The van der Waals surface area contributed by atoms with Crippen molar-refractivity contribution in [1.29, 1.82) is 0 Å². The van der Waals surface area contributed by atoms with Gasteiger partial charge in [0.2, 0.25) is 0 Å². The minimum absolute atomic E-state index is 0.150. The van der Waals surface area contributed by atoms with Gasteiger partial charge < -0.3 is 0 Å². The molecule has 1 aromatic carbocycles. The van der Waals surface area contributed by atoms with E-state index in [0.29, 0.717) is 18.5 Å². The van der Waals surface area contributed by atoms with Crippen LogP contribution in [0.4, 0.5) is 13.2 Å². The van der Waals surface area contributed by atoms with Crippen molar-refractivity contribution in [3.05, 3.63) is 35.9 Å². The average Bonchev–Trinajstić information content (AvgIpc) is 2.61. The van der Waals surface area contributed by atoms with Gasteiger partial charge in [-0.3, -0.25) is 4.90 Å². The van der Waals surface area contributed by atoms with Gasteiger partial charge in [0.05, 0.1) is 0 Å². The number of nitrogens with zero attached hydrogens (tertiary/aromatic N) is 1. The summed E-state index contributed by atoms with van der Waals surface area (Å²) in [6.45, 7) is 0.494. The van der Waals surface area contributed by atoms with E-state index in [9.17, 15) is 13.2 Å². The van der Waals surface area contributed by atoms with E-state index in [-0.39, 0.29) is 6.42 Å². The first-order chi connectivity index (χ1) is 7.48. The Morgan fingerprint density at radius 1 is 1.19 bits per heavy atom. The summed E-state index contributed by atoms with van der Waals surface area (Å²) in [7, 11) is 1.55.